The molecule has 1 aromatic rings. The summed E-state index contributed by atoms with van der Waals surface area (Å²) in [6.45, 7) is 2.31. The molecule has 0 unspecified atom stereocenters. The molecule has 3 rings (SSSR count). The lowest BCUT2D eigenvalue weighted by atomic mass is 9.81. The second kappa shape index (κ2) is 3.08. The van der Waals surface area contributed by atoms with Crippen LogP contribution in [-0.2, 0) is 17.4 Å². The zero-order valence-electron chi connectivity index (χ0n) is 9.03. The SMILES string of the molecule is C[C@@H]1CC[C@@]2(c3c(Br)cnn3C)O[C@H]2C1. The number of ether oxygens (including phenoxy) is 1. The molecule has 3 nitrogen and oxygen atoms in total. The maximum absolute atomic E-state index is 5.95. The quantitative estimate of drug-likeness (QED) is 0.735. The van der Waals surface area contributed by atoms with Gasteiger partial charge in [0.1, 0.15) is 5.60 Å². The van der Waals surface area contributed by atoms with Crippen molar-refractivity contribution in [1.82, 2.24) is 9.78 Å². The summed E-state index contributed by atoms with van der Waals surface area (Å²) < 4.78 is 8.98. The average Bonchev–Trinajstić information content (AvgIpc) is 2.79. The first-order valence-corrected chi connectivity index (χ1v) is 6.28. The minimum Gasteiger partial charge on any atom is -0.359 e. The molecular weight excluding hydrogens is 256 g/mol. The van der Waals surface area contributed by atoms with Gasteiger partial charge < -0.3 is 4.74 Å². The highest BCUT2D eigenvalue weighted by atomic mass is 79.9. The van der Waals surface area contributed by atoms with Crippen LogP contribution in [0.15, 0.2) is 10.7 Å². The van der Waals surface area contributed by atoms with Crippen molar-refractivity contribution in [3.8, 4) is 0 Å². The van der Waals surface area contributed by atoms with Gasteiger partial charge in [-0.3, -0.25) is 4.68 Å². The smallest absolute Gasteiger partial charge is 0.137 e. The molecule has 2 heterocycles. The van der Waals surface area contributed by atoms with Gasteiger partial charge in [0, 0.05) is 7.05 Å². The van der Waals surface area contributed by atoms with Crippen LogP contribution < -0.4 is 0 Å². The third-order valence-electron chi connectivity index (χ3n) is 3.74. The predicted octanol–water partition coefficient (Wildman–Crippen LogP) is 2.60. The number of aryl methyl sites for hydroxylation is 1. The number of halogens is 1. The van der Waals surface area contributed by atoms with Gasteiger partial charge in [0.05, 0.1) is 22.5 Å². The Morgan fingerprint density at radius 3 is 3.07 bits per heavy atom. The van der Waals surface area contributed by atoms with E-state index in [0.29, 0.717) is 6.10 Å². The maximum Gasteiger partial charge on any atom is 0.137 e. The van der Waals surface area contributed by atoms with E-state index in [1.54, 1.807) is 0 Å². The molecule has 4 heteroatoms. The highest BCUT2D eigenvalue weighted by Gasteiger charge is 2.61. The van der Waals surface area contributed by atoms with Crippen molar-refractivity contribution in [2.45, 2.75) is 37.9 Å². The molecule has 3 atom stereocenters. The summed E-state index contributed by atoms with van der Waals surface area (Å²) in [4.78, 5) is 0. The van der Waals surface area contributed by atoms with Crippen LogP contribution in [0, 0.1) is 5.92 Å². The molecule has 15 heavy (non-hydrogen) atoms. The minimum atomic E-state index is -0.0173. The fourth-order valence-corrected chi connectivity index (χ4v) is 3.52. The normalized spacial score (nSPS) is 38.9. The first-order chi connectivity index (χ1) is 7.13. The first-order valence-electron chi connectivity index (χ1n) is 5.49. The Bertz CT molecular complexity index is 384. The molecule has 1 saturated carbocycles. The van der Waals surface area contributed by atoms with E-state index in [-0.39, 0.29) is 5.60 Å². The highest BCUT2D eigenvalue weighted by Crippen LogP contribution is 2.57. The van der Waals surface area contributed by atoms with Crippen molar-refractivity contribution in [2.75, 3.05) is 0 Å². The number of rotatable bonds is 1. The number of hydrogen-bond donors (Lipinski definition) is 0. The lowest BCUT2D eigenvalue weighted by molar-refractivity contribution is 0.272. The van der Waals surface area contributed by atoms with E-state index in [2.05, 4.69) is 28.0 Å². The molecule has 0 aromatic carbocycles. The van der Waals surface area contributed by atoms with E-state index in [0.717, 1.165) is 16.8 Å². The van der Waals surface area contributed by atoms with Crippen LogP contribution in [0.1, 0.15) is 31.9 Å². The lowest BCUT2D eigenvalue weighted by Gasteiger charge is -2.22. The molecule has 2 aliphatic rings. The van der Waals surface area contributed by atoms with Crippen LogP contribution in [0.4, 0.5) is 0 Å². The zero-order chi connectivity index (χ0) is 10.6. The Kier molecular flexibility index (Phi) is 2.02. The molecule has 0 N–H and O–H groups in total. The number of fused-ring (bicyclic) bond motifs is 1. The summed E-state index contributed by atoms with van der Waals surface area (Å²) in [5.74, 6) is 0.803. The summed E-state index contributed by atoms with van der Waals surface area (Å²) in [5, 5.41) is 4.27. The zero-order valence-corrected chi connectivity index (χ0v) is 10.6. The molecule has 0 bridgehead atoms. The average molecular weight is 271 g/mol. The predicted molar refractivity (Wildman–Crippen MR) is 60.5 cm³/mol. The molecule has 0 radical (unpaired) electrons. The topological polar surface area (TPSA) is 30.4 Å². The number of hydrogen-bond acceptors (Lipinski definition) is 2. The molecule has 0 spiro atoms. The standard InChI is InChI=1S/C11H15BrN2O/c1-7-3-4-11(9(5-7)15-11)10-8(12)6-13-14(10)2/h6-7,9H,3-5H2,1-2H3/t7-,9+,11-/m1/s1. The number of aromatic nitrogens is 2. The first kappa shape index (κ1) is 9.85. The van der Waals surface area contributed by atoms with E-state index in [1.807, 2.05) is 17.9 Å². The summed E-state index contributed by atoms with van der Waals surface area (Å²) in [6.07, 6.45) is 5.87. The third kappa shape index (κ3) is 1.31. The number of nitrogens with zero attached hydrogens (tertiary/aromatic N) is 2. The van der Waals surface area contributed by atoms with Crippen LogP contribution in [0.3, 0.4) is 0 Å². The second-order valence-electron chi connectivity index (χ2n) is 4.84. The van der Waals surface area contributed by atoms with Crippen molar-refractivity contribution < 1.29 is 4.74 Å². The van der Waals surface area contributed by atoms with Crippen molar-refractivity contribution >= 4 is 15.9 Å². The van der Waals surface area contributed by atoms with Gasteiger partial charge in [-0.05, 0) is 41.1 Å². The van der Waals surface area contributed by atoms with Crippen LogP contribution in [0.25, 0.3) is 0 Å². The molecule has 2 fully saturated rings. The highest BCUT2D eigenvalue weighted by molar-refractivity contribution is 9.10. The summed E-state index contributed by atoms with van der Waals surface area (Å²) in [6, 6.07) is 0. The largest absolute Gasteiger partial charge is 0.359 e. The van der Waals surface area contributed by atoms with Crippen molar-refractivity contribution in [3.05, 3.63) is 16.4 Å². The fourth-order valence-electron chi connectivity index (χ4n) is 2.84. The van der Waals surface area contributed by atoms with Crippen molar-refractivity contribution in [1.29, 1.82) is 0 Å². The van der Waals surface area contributed by atoms with Gasteiger partial charge in [-0.2, -0.15) is 5.10 Å². The Morgan fingerprint density at radius 1 is 1.67 bits per heavy atom. The second-order valence-corrected chi connectivity index (χ2v) is 5.69. The van der Waals surface area contributed by atoms with Gasteiger partial charge in [-0.1, -0.05) is 6.92 Å². The Morgan fingerprint density at radius 2 is 2.47 bits per heavy atom. The van der Waals surface area contributed by atoms with Gasteiger partial charge in [0.15, 0.2) is 0 Å². The molecule has 1 aliphatic heterocycles. The Balaban J connectivity index is 1.96. The van der Waals surface area contributed by atoms with Crippen LogP contribution in [0.2, 0.25) is 0 Å². The Hall–Kier alpha value is -0.350. The summed E-state index contributed by atoms with van der Waals surface area (Å²) in [5.41, 5.74) is 1.20. The van der Waals surface area contributed by atoms with E-state index < -0.39 is 0 Å². The molecule has 82 valence electrons. The van der Waals surface area contributed by atoms with E-state index in [1.165, 1.54) is 18.5 Å². The monoisotopic (exact) mass is 270 g/mol. The van der Waals surface area contributed by atoms with E-state index in [9.17, 15) is 0 Å². The molecule has 1 aromatic heterocycles. The van der Waals surface area contributed by atoms with E-state index in [4.69, 9.17) is 4.74 Å². The number of epoxide rings is 1. The Labute approximate surface area is 97.9 Å². The van der Waals surface area contributed by atoms with Gasteiger partial charge in [-0.15, -0.1) is 0 Å². The third-order valence-corrected chi connectivity index (χ3v) is 4.32. The van der Waals surface area contributed by atoms with E-state index >= 15 is 0 Å². The molecular formula is C11H15BrN2O. The summed E-state index contributed by atoms with van der Waals surface area (Å²) >= 11 is 3.57. The molecule has 1 aliphatic carbocycles. The lowest BCUT2D eigenvalue weighted by Crippen LogP contribution is -2.24. The van der Waals surface area contributed by atoms with Crippen LogP contribution in [0.5, 0.6) is 0 Å². The van der Waals surface area contributed by atoms with Crippen LogP contribution >= 0.6 is 15.9 Å². The molecule has 0 amide bonds. The van der Waals surface area contributed by atoms with Gasteiger partial charge in [-0.25, -0.2) is 0 Å². The van der Waals surface area contributed by atoms with Crippen LogP contribution in [-0.4, -0.2) is 15.9 Å². The van der Waals surface area contributed by atoms with Crippen molar-refractivity contribution in [2.24, 2.45) is 13.0 Å². The molecule has 1 saturated heterocycles. The van der Waals surface area contributed by atoms with Crippen molar-refractivity contribution in [3.63, 3.8) is 0 Å². The van der Waals surface area contributed by atoms with Gasteiger partial charge >= 0.3 is 0 Å². The summed E-state index contributed by atoms with van der Waals surface area (Å²) in [7, 11) is 1.99. The minimum absolute atomic E-state index is 0.0173. The maximum atomic E-state index is 5.95. The van der Waals surface area contributed by atoms with Gasteiger partial charge in [0.2, 0.25) is 0 Å². The fraction of sp³-hybridized carbons (Fsp3) is 0.727. The van der Waals surface area contributed by atoms with Gasteiger partial charge in [0.25, 0.3) is 0 Å².